The molecule has 5 nitrogen and oxygen atoms in total. The number of anilines is 1. The summed E-state index contributed by atoms with van der Waals surface area (Å²) in [6, 6.07) is 13.6. The zero-order valence-corrected chi connectivity index (χ0v) is 14.1. The Morgan fingerprint density at radius 1 is 1.08 bits per heavy atom. The number of carbonyl (C=O) groups excluding carboxylic acids is 1. The number of nitrogens with zero attached hydrogens (tertiary/aromatic N) is 3. The van der Waals surface area contributed by atoms with Gasteiger partial charge in [-0.05, 0) is 56.2 Å². The van der Waals surface area contributed by atoms with Crippen molar-refractivity contribution in [2.24, 2.45) is 0 Å². The molecule has 5 heteroatoms. The van der Waals surface area contributed by atoms with Crippen molar-refractivity contribution in [2.45, 2.75) is 27.2 Å². The molecule has 3 aromatic rings. The molecule has 0 unspecified atom stereocenters. The van der Waals surface area contributed by atoms with Gasteiger partial charge in [0.05, 0.1) is 17.8 Å². The number of carbonyl (C=O) groups is 1. The molecule has 0 saturated carbocycles. The second kappa shape index (κ2) is 6.66. The van der Waals surface area contributed by atoms with E-state index >= 15 is 0 Å². The standard InChI is InChI=1S/C19H20N4O/c1-13-4-9-18(20-12-13)21-19(24)11-16-5-7-17(8-6-16)23-15(3)10-14(2)22-23/h4-10,12H,11H2,1-3H3,(H,20,21,24). The summed E-state index contributed by atoms with van der Waals surface area (Å²) in [4.78, 5) is 16.3. The highest BCUT2D eigenvalue weighted by molar-refractivity contribution is 5.91. The lowest BCUT2D eigenvalue weighted by molar-refractivity contribution is -0.115. The Labute approximate surface area is 141 Å². The van der Waals surface area contributed by atoms with Crippen LogP contribution < -0.4 is 5.32 Å². The molecule has 0 radical (unpaired) electrons. The first-order valence-corrected chi connectivity index (χ1v) is 7.86. The van der Waals surface area contributed by atoms with Crippen LogP contribution in [0, 0.1) is 20.8 Å². The SMILES string of the molecule is Cc1ccc(NC(=O)Cc2ccc(-n3nc(C)cc3C)cc2)nc1. The lowest BCUT2D eigenvalue weighted by Crippen LogP contribution is -2.15. The average molecular weight is 320 g/mol. The van der Waals surface area contributed by atoms with E-state index in [9.17, 15) is 4.79 Å². The minimum Gasteiger partial charge on any atom is -0.310 e. The van der Waals surface area contributed by atoms with Crippen molar-refractivity contribution in [1.82, 2.24) is 14.8 Å². The molecular weight excluding hydrogens is 300 g/mol. The van der Waals surface area contributed by atoms with Crippen molar-refractivity contribution >= 4 is 11.7 Å². The molecule has 2 aromatic heterocycles. The van der Waals surface area contributed by atoms with E-state index in [1.165, 1.54) is 0 Å². The van der Waals surface area contributed by atoms with E-state index in [0.29, 0.717) is 12.2 Å². The number of aryl methyl sites for hydroxylation is 3. The summed E-state index contributed by atoms with van der Waals surface area (Å²) in [6.45, 7) is 5.96. The van der Waals surface area contributed by atoms with Gasteiger partial charge in [0, 0.05) is 11.9 Å². The largest absolute Gasteiger partial charge is 0.310 e. The first-order valence-electron chi connectivity index (χ1n) is 7.86. The van der Waals surface area contributed by atoms with Crippen LogP contribution in [0.1, 0.15) is 22.5 Å². The summed E-state index contributed by atoms with van der Waals surface area (Å²) < 4.78 is 1.90. The van der Waals surface area contributed by atoms with E-state index < -0.39 is 0 Å². The van der Waals surface area contributed by atoms with E-state index in [4.69, 9.17) is 0 Å². The Hall–Kier alpha value is -2.95. The Morgan fingerprint density at radius 3 is 2.42 bits per heavy atom. The van der Waals surface area contributed by atoms with Crippen LogP contribution in [0.25, 0.3) is 5.69 Å². The lowest BCUT2D eigenvalue weighted by atomic mass is 10.1. The second-order valence-corrected chi connectivity index (χ2v) is 5.95. The minimum atomic E-state index is -0.0785. The van der Waals surface area contributed by atoms with Gasteiger partial charge in [0.25, 0.3) is 0 Å². The summed E-state index contributed by atoms with van der Waals surface area (Å²) in [5.41, 5.74) is 5.08. The topological polar surface area (TPSA) is 59.8 Å². The average Bonchev–Trinajstić information content (AvgIpc) is 2.89. The molecule has 1 N–H and O–H groups in total. The molecule has 0 saturated heterocycles. The Morgan fingerprint density at radius 2 is 1.83 bits per heavy atom. The molecule has 0 aliphatic rings. The van der Waals surface area contributed by atoms with Crippen LogP contribution in [-0.2, 0) is 11.2 Å². The van der Waals surface area contributed by atoms with Gasteiger partial charge in [-0.15, -0.1) is 0 Å². The highest BCUT2D eigenvalue weighted by Gasteiger charge is 2.07. The fraction of sp³-hybridized carbons (Fsp3) is 0.211. The van der Waals surface area contributed by atoms with Gasteiger partial charge in [0.15, 0.2) is 0 Å². The van der Waals surface area contributed by atoms with Crippen LogP contribution in [0.15, 0.2) is 48.7 Å². The Bertz CT molecular complexity index is 848. The van der Waals surface area contributed by atoms with Crippen LogP contribution >= 0.6 is 0 Å². The summed E-state index contributed by atoms with van der Waals surface area (Å²) in [5.74, 6) is 0.495. The number of rotatable bonds is 4. The van der Waals surface area contributed by atoms with Crippen LogP contribution in [0.4, 0.5) is 5.82 Å². The fourth-order valence-corrected chi connectivity index (χ4v) is 2.56. The van der Waals surface area contributed by atoms with E-state index in [-0.39, 0.29) is 5.91 Å². The van der Waals surface area contributed by atoms with E-state index in [1.54, 1.807) is 12.3 Å². The number of nitrogens with one attached hydrogen (secondary N) is 1. The third-order valence-electron chi connectivity index (χ3n) is 3.73. The molecular formula is C19H20N4O. The maximum Gasteiger partial charge on any atom is 0.229 e. The molecule has 0 bridgehead atoms. The van der Waals surface area contributed by atoms with Gasteiger partial charge in [-0.1, -0.05) is 18.2 Å². The molecule has 2 heterocycles. The van der Waals surface area contributed by atoms with Crippen molar-refractivity contribution in [3.63, 3.8) is 0 Å². The molecule has 122 valence electrons. The highest BCUT2D eigenvalue weighted by atomic mass is 16.1. The molecule has 0 spiro atoms. The molecule has 0 aliphatic carbocycles. The van der Waals surface area contributed by atoms with E-state index in [0.717, 1.165) is 28.2 Å². The van der Waals surface area contributed by atoms with Crippen molar-refractivity contribution < 1.29 is 4.79 Å². The molecule has 1 amide bonds. The maximum absolute atomic E-state index is 12.1. The molecule has 3 rings (SSSR count). The number of pyridine rings is 1. The molecule has 24 heavy (non-hydrogen) atoms. The van der Waals surface area contributed by atoms with Crippen molar-refractivity contribution in [3.05, 3.63) is 71.2 Å². The summed E-state index contributed by atoms with van der Waals surface area (Å²) in [5, 5.41) is 7.27. The van der Waals surface area contributed by atoms with Crippen LogP contribution in [0.3, 0.4) is 0 Å². The number of hydrogen-bond acceptors (Lipinski definition) is 3. The molecule has 0 fully saturated rings. The van der Waals surface area contributed by atoms with Crippen molar-refractivity contribution in [1.29, 1.82) is 0 Å². The minimum absolute atomic E-state index is 0.0785. The second-order valence-electron chi connectivity index (χ2n) is 5.95. The van der Waals surface area contributed by atoms with Gasteiger partial charge >= 0.3 is 0 Å². The predicted octanol–water partition coefficient (Wildman–Crippen LogP) is 3.37. The van der Waals surface area contributed by atoms with Crippen molar-refractivity contribution in [3.8, 4) is 5.69 Å². The monoisotopic (exact) mass is 320 g/mol. The number of benzene rings is 1. The van der Waals surface area contributed by atoms with Gasteiger partial charge in [-0.25, -0.2) is 9.67 Å². The highest BCUT2D eigenvalue weighted by Crippen LogP contribution is 2.14. The number of aromatic nitrogens is 3. The zero-order chi connectivity index (χ0) is 17.1. The van der Waals surface area contributed by atoms with Gasteiger partial charge in [-0.2, -0.15) is 5.10 Å². The number of amides is 1. The molecule has 0 aliphatic heterocycles. The molecule has 0 atom stereocenters. The van der Waals surface area contributed by atoms with Crippen LogP contribution in [-0.4, -0.2) is 20.7 Å². The first kappa shape index (κ1) is 15.9. The first-order chi connectivity index (χ1) is 11.5. The third kappa shape index (κ3) is 3.68. The summed E-state index contributed by atoms with van der Waals surface area (Å²) in [6.07, 6.45) is 2.05. The molecule has 1 aromatic carbocycles. The quantitative estimate of drug-likeness (QED) is 0.802. The lowest BCUT2D eigenvalue weighted by Gasteiger charge is -2.07. The third-order valence-corrected chi connectivity index (χ3v) is 3.73. The van der Waals surface area contributed by atoms with Gasteiger partial charge in [0.2, 0.25) is 5.91 Å². The normalized spacial score (nSPS) is 10.6. The van der Waals surface area contributed by atoms with Crippen LogP contribution in [0.2, 0.25) is 0 Å². The van der Waals surface area contributed by atoms with Gasteiger partial charge < -0.3 is 5.32 Å². The van der Waals surface area contributed by atoms with Crippen LogP contribution in [0.5, 0.6) is 0 Å². The predicted molar refractivity (Wildman–Crippen MR) is 94.3 cm³/mol. The summed E-state index contributed by atoms with van der Waals surface area (Å²) in [7, 11) is 0. The summed E-state index contributed by atoms with van der Waals surface area (Å²) >= 11 is 0. The smallest absolute Gasteiger partial charge is 0.229 e. The van der Waals surface area contributed by atoms with Gasteiger partial charge in [-0.3, -0.25) is 4.79 Å². The zero-order valence-electron chi connectivity index (χ0n) is 14.1. The van der Waals surface area contributed by atoms with E-state index in [1.807, 2.05) is 61.9 Å². The maximum atomic E-state index is 12.1. The van der Waals surface area contributed by atoms with Gasteiger partial charge in [0.1, 0.15) is 5.82 Å². The Balaban J connectivity index is 1.66. The Kier molecular flexibility index (Phi) is 4.42. The number of hydrogen-bond donors (Lipinski definition) is 1. The van der Waals surface area contributed by atoms with Crippen molar-refractivity contribution in [2.75, 3.05) is 5.32 Å². The fourth-order valence-electron chi connectivity index (χ4n) is 2.56. The van der Waals surface area contributed by atoms with E-state index in [2.05, 4.69) is 15.4 Å².